The monoisotopic (exact) mass is 183 g/mol. The molecule has 2 unspecified atom stereocenters. The molecule has 2 atom stereocenters. The number of urea groups is 1. The van der Waals surface area contributed by atoms with Crippen LogP contribution in [0.4, 0.5) is 4.79 Å². The molecule has 2 saturated heterocycles. The third-order valence-corrected chi connectivity index (χ3v) is 2.79. The second kappa shape index (κ2) is 3.54. The van der Waals surface area contributed by atoms with Crippen molar-refractivity contribution in [2.45, 2.75) is 19.4 Å². The summed E-state index contributed by atoms with van der Waals surface area (Å²) in [6.45, 7) is 6.01. The zero-order valence-electron chi connectivity index (χ0n) is 8.05. The van der Waals surface area contributed by atoms with Crippen molar-refractivity contribution in [1.82, 2.24) is 15.5 Å². The summed E-state index contributed by atoms with van der Waals surface area (Å²) < 4.78 is 0. The van der Waals surface area contributed by atoms with Crippen molar-refractivity contribution in [2.24, 2.45) is 5.92 Å². The fraction of sp³-hybridized carbons (Fsp3) is 0.889. The van der Waals surface area contributed by atoms with Crippen molar-refractivity contribution in [2.75, 3.05) is 26.2 Å². The maximum absolute atomic E-state index is 11.4. The quantitative estimate of drug-likeness (QED) is 0.633. The summed E-state index contributed by atoms with van der Waals surface area (Å²) in [5.74, 6) is 0.663. The Balaban J connectivity index is 1.83. The molecular weight excluding hydrogens is 166 g/mol. The van der Waals surface area contributed by atoms with Gasteiger partial charge < -0.3 is 15.5 Å². The van der Waals surface area contributed by atoms with Crippen molar-refractivity contribution < 1.29 is 4.79 Å². The average Bonchev–Trinajstić information content (AvgIpc) is 2.63. The highest BCUT2D eigenvalue weighted by Gasteiger charge is 2.28. The molecular formula is C9H17N3O. The molecule has 2 rings (SSSR count). The number of carbonyl (C=O) groups excluding carboxylic acids is 1. The minimum atomic E-state index is 0.111. The minimum absolute atomic E-state index is 0.111. The third kappa shape index (κ3) is 1.94. The Morgan fingerprint density at radius 1 is 1.62 bits per heavy atom. The first-order chi connectivity index (χ1) is 6.25. The van der Waals surface area contributed by atoms with Gasteiger partial charge in [0.2, 0.25) is 0 Å². The number of hydrogen-bond donors (Lipinski definition) is 2. The van der Waals surface area contributed by atoms with E-state index in [0.717, 1.165) is 26.2 Å². The molecule has 2 N–H and O–H groups in total. The standard InChI is InChI=1S/C9H17N3O/c1-7-5-12(9(13)11-7)6-8-2-3-10-4-8/h7-8,10H,2-6H2,1H3,(H,11,13). The molecule has 74 valence electrons. The predicted molar refractivity (Wildman–Crippen MR) is 50.5 cm³/mol. The lowest BCUT2D eigenvalue weighted by Crippen LogP contribution is -2.33. The van der Waals surface area contributed by atoms with E-state index in [1.165, 1.54) is 6.42 Å². The van der Waals surface area contributed by atoms with Crippen molar-refractivity contribution in [3.8, 4) is 0 Å². The molecule has 2 amide bonds. The predicted octanol–water partition coefficient (Wildman–Crippen LogP) is 0.00960. The van der Waals surface area contributed by atoms with E-state index in [9.17, 15) is 4.79 Å². The van der Waals surface area contributed by atoms with E-state index in [1.54, 1.807) is 0 Å². The summed E-state index contributed by atoms with van der Waals surface area (Å²) in [5.41, 5.74) is 0. The summed E-state index contributed by atoms with van der Waals surface area (Å²) >= 11 is 0. The summed E-state index contributed by atoms with van der Waals surface area (Å²) in [5, 5.41) is 6.22. The maximum atomic E-state index is 11.4. The van der Waals surface area contributed by atoms with Gasteiger partial charge >= 0.3 is 6.03 Å². The SMILES string of the molecule is CC1CN(CC2CCNC2)C(=O)N1. The van der Waals surface area contributed by atoms with Crippen LogP contribution in [0.15, 0.2) is 0 Å². The van der Waals surface area contributed by atoms with E-state index in [4.69, 9.17) is 0 Å². The topological polar surface area (TPSA) is 44.4 Å². The van der Waals surface area contributed by atoms with Crippen LogP contribution in [0.2, 0.25) is 0 Å². The van der Waals surface area contributed by atoms with Gasteiger partial charge in [-0.2, -0.15) is 0 Å². The molecule has 13 heavy (non-hydrogen) atoms. The van der Waals surface area contributed by atoms with Gasteiger partial charge in [-0.05, 0) is 32.4 Å². The van der Waals surface area contributed by atoms with Gasteiger partial charge in [0.25, 0.3) is 0 Å². The van der Waals surface area contributed by atoms with Crippen molar-refractivity contribution in [3.63, 3.8) is 0 Å². The Kier molecular flexibility index (Phi) is 2.40. The molecule has 0 radical (unpaired) electrons. The van der Waals surface area contributed by atoms with E-state index < -0.39 is 0 Å². The number of hydrogen-bond acceptors (Lipinski definition) is 2. The Hall–Kier alpha value is -0.770. The highest BCUT2D eigenvalue weighted by Crippen LogP contribution is 2.12. The van der Waals surface area contributed by atoms with Gasteiger partial charge in [-0.3, -0.25) is 0 Å². The Bertz CT molecular complexity index is 201. The lowest BCUT2D eigenvalue weighted by Gasteiger charge is -2.18. The van der Waals surface area contributed by atoms with Crippen LogP contribution in [0, 0.1) is 5.92 Å². The van der Waals surface area contributed by atoms with E-state index in [0.29, 0.717) is 12.0 Å². The normalized spacial score (nSPS) is 33.9. The number of carbonyl (C=O) groups is 1. The van der Waals surface area contributed by atoms with Crippen LogP contribution in [-0.4, -0.2) is 43.2 Å². The molecule has 0 aliphatic carbocycles. The second-order valence-electron chi connectivity index (χ2n) is 4.11. The molecule has 0 spiro atoms. The molecule has 4 nitrogen and oxygen atoms in total. The molecule has 2 aliphatic heterocycles. The fourth-order valence-corrected chi connectivity index (χ4v) is 2.10. The third-order valence-electron chi connectivity index (χ3n) is 2.79. The van der Waals surface area contributed by atoms with Crippen molar-refractivity contribution in [3.05, 3.63) is 0 Å². The van der Waals surface area contributed by atoms with Crippen LogP contribution in [0.3, 0.4) is 0 Å². The van der Waals surface area contributed by atoms with Crippen molar-refractivity contribution in [1.29, 1.82) is 0 Å². The van der Waals surface area contributed by atoms with Crippen LogP contribution in [-0.2, 0) is 0 Å². The zero-order chi connectivity index (χ0) is 9.26. The maximum Gasteiger partial charge on any atom is 0.317 e. The van der Waals surface area contributed by atoms with Crippen LogP contribution in [0.1, 0.15) is 13.3 Å². The molecule has 0 aromatic rings. The largest absolute Gasteiger partial charge is 0.334 e. The lowest BCUT2D eigenvalue weighted by atomic mass is 10.1. The van der Waals surface area contributed by atoms with Gasteiger partial charge in [0.15, 0.2) is 0 Å². The number of amides is 2. The molecule has 2 heterocycles. The van der Waals surface area contributed by atoms with E-state index >= 15 is 0 Å². The molecule has 0 bridgehead atoms. The lowest BCUT2D eigenvalue weighted by molar-refractivity contribution is 0.210. The molecule has 2 aliphatic rings. The Morgan fingerprint density at radius 3 is 3.00 bits per heavy atom. The molecule has 0 aromatic heterocycles. The average molecular weight is 183 g/mol. The first kappa shape index (κ1) is 8.81. The van der Waals surface area contributed by atoms with Gasteiger partial charge in [-0.15, -0.1) is 0 Å². The Labute approximate surface area is 78.7 Å². The fourth-order valence-electron chi connectivity index (χ4n) is 2.10. The summed E-state index contributed by atoms with van der Waals surface area (Å²) in [6.07, 6.45) is 1.21. The van der Waals surface area contributed by atoms with Gasteiger partial charge in [0.1, 0.15) is 0 Å². The smallest absolute Gasteiger partial charge is 0.317 e. The minimum Gasteiger partial charge on any atom is -0.334 e. The zero-order valence-corrected chi connectivity index (χ0v) is 8.05. The highest BCUT2D eigenvalue weighted by molar-refractivity contribution is 5.76. The van der Waals surface area contributed by atoms with Gasteiger partial charge in [0, 0.05) is 19.1 Å². The van der Waals surface area contributed by atoms with E-state index in [-0.39, 0.29) is 6.03 Å². The van der Waals surface area contributed by atoms with Gasteiger partial charge in [-0.25, -0.2) is 4.79 Å². The van der Waals surface area contributed by atoms with Crippen LogP contribution < -0.4 is 10.6 Å². The van der Waals surface area contributed by atoms with Crippen molar-refractivity contribution >= 4 is 6.03 Å². The molecule has 2 fully saturated rings. The molecule has 0 saturated carbocycles. The van der Waals surface area contributed by atoms with E-state index in [1.807, 2.05) is 11.8 Å². The number of nitrogens with zero attached hydrogens (tertiary/aromatic N) is 1. The van der Waals surface area contributed by atoms with Crippen LogP contribution in [0.5, 0.6) is 0 Å². The Morgan fingerprint density at radius 2 is 2.46 bits per heavy atom. The number of nitrogens with one attached hydrogen (secondary N) is 2. The summed E-state index contributed by atoms with van der Waals surface area (Å²) in [4.78, 5) is 13.3. The first-order valence-electron chi connectivity index (χ1n) is 5.02. The van der Waals surface area contributed by atoms with Crippen LogP contribution >= 0.6 is 0 Å². The van der Waals surface area contributed by atoms with Gasteiger partial charge in [0.05, 0.1) is 0 Å². The summed E-state index contributed by atoms with van der Waals surface area (Å²) in [6, 6.07) is 0.432. The highest BCUT2D eigenvalue weighted by atomic mass is 16.2. The summed E-state index contributed by atoms with van der Waals surface area (Å²) in [7, 11) is 0. The molecule has 4 heteroatoms. The second-order valence-corrected chi connectivity index (χ2v) is 4.11. The van der Waals surface area contributed by atoms with Gasteiger partial charge in [-0.1, -0.05) is 0 Å². The van der Waals surface area contributed by atoms with E-state index in [2.05, 4.69) is 10.6 Å². The van der Waals surface area contributed by atoms with Crippen LogP contribution in [0.25, 0.3) is 0 Å². The first-order valence-corrected chi connectivity index (χ1v) is 5.02. The number of rotatable bonds is 2. The molecule has 0 aromatic carbocycles.